The van der Waals surface area contributed by atoms with E-state index in [1.165, 1.54) is 16.8 Å². The van der Waals surface area contributed by atoms with Crippen LogP contribution in [0.15, 0.2) is 18.2 Å². The zero-order valence-electron chi connectivity index (χ0n) is 14.7. The Balaban J connectivity index is 0.00000243. The molecule has 3 rings (SSSR count). The van der Waals surface area contributed by atoms with Crippen LogP contribution in [0.2, 0.25) is 5.02 Å². The highest BCUT2D eigenvalue weighted by Crippen LogP contribution is 2.21. The van der Waals surface area contributed by atoms with Gasteiger partial charge in [0.15, 0.2) is 5.69 Å². The zero-order valence-corrected chi connectivity index (χ0v) is 16.3. The van der Waals surface area contributed by atoms with Gasteiger partial charge in [-0.1, -0.05) is 23.7 Å². The topological polar surface area (TPSA) is 63.1 Å². The average Bonchev–Trinajstić information content (AvgIpc) is 3.24. The summed E-state index contributed by atoms with van der Waals surface area (Å²) in [7, 11) is 0. The smallest absolute Gasteiger partial charge is 0.276 e. The first kappa shape index (κ1) is 20.6. The van der Waals surface area contributed by atoms with Crippen LogP contribution in [0.5, 0.6) is 0 Å². The van der Waals surface area contributed by atoms with Crippen molar-refractivity contribution in [1.29, 1.82) is 0 Å². The third kappa shape index (κ3) is 4.00. The molecule has 6 nitrogen and oxygen atoms in total. The maximum absolute atomic E-state index is 13.4. The number of amides is 1. The van der Waals surface area contributed by atoms with E-state index >= 15 is 0 Å². The molecule has 1 fully saturated rings. The van der Waals surface area contributed by atoms with Crippen molar-refractivity contribution >= 4 is 29.9 Å². The predicted molar refractivity (Wildman–Crippen MR) is 101 cm³/mol. The Bertz CT molecular complexity index is 777. The summed E-state index contributed by atoms with van der Waals surface area (Å²) in [6.45, 7) is 6.22. The molecule has 0 aliphatic carbocycles. The van der Waals surface area contributed by atoms with Crippen molar-refractivity contribution in [3.05, 3.63) is 40.4 Å². The van der Waals surface area contributed by atoms with Crippen molar-refractivity contribution in [2.75, 3.05) is 19.6 Å². The van der Waals surface area contributed by atoms with Gasteiger partial charge in [-0.05, 0) is 44.5 Å². The quantitative estimate of drug-likeness (QED) is 0.836. The van der Waals surface area contributed by atoms with Gasteiger partial charge in [-0.15, -0.1) is 17.5 Å². The molecule has 1 unspecified atom stereocenters. The Labute approximate surface area is 163 Å². The van der Waals surface area contributed by atoms with E-state index in [1.54, 1.807) is 13.0 Å². The van der Waals surface area contributed by atoms with E-state index in [1.807, 2.05) is 11.8 Å². The second kappa shape index (κ2) is 8.79. The number of hydrogen-bond acceptors (Lipinski definition) is 4. The number of nitrogens with zero attached hydrogens (tertiary/aromatic N) is 4. The fraction of sp³-hybridized carbons (Fsp3) is 0.471. The summed E-state index contributed by atoms with van der Waals surface area (Å²) >= 11 is 5.84. The largest absolute Gasteiger partial charge is 0.333 e. The van der Waals surface area contributed by atoms with Crippen molar-refractivity contribution in [3.8, 4) is 5.69 Å². The molecule has 0 bridgehead atoms. The molecule has 1 aliphatic heterocycles. The predicted octanol–water partition coefficient (Wildman–Crippen LogP) is 3.00. The van der Waals surface area contributed by atoms with Crippen LogP contribution in [0.3, 0.4) is 0 Å². The van der Waals surface area contributed by atoms with Crippen molar-refractivity contribution in [1.82, 2.24) is 25.2 Å². The van der Waals surface area contributed by atoms with Crippen molar-refractivity contribution < 1.29 is 9.18 Å². The second-order valence-corrected chi connectivity index (χ2v) is 6.59. The van der Waals surface area contributed by atoms with E-state index < -0.39 is 5.82 Å². The first-order valence-electron chi connectivity index (χ1n) is 8.42. The minimum Gasteiger partial charge on any atom is -0.333 e. The molecule has 0 spiro atoms. The van der Waals surface area contributed by atoms with Gasteiger partial charge in [0.1, 0.15) is 5.82 Å². The molecule has 1 N–H and O–H groups in total. The average molecular weight is 402 g/mol. The summed E-state index contributed by atoms with van der Waals surface area (Å²) < 4.78 is 14.9. The number of hydrogen-bond donors (Lipinski definition) is 1. The first-order valence-corrected chi connectivity index (χ1v) is 8.80. The first-order chi connectivity index (χ1) is 12.0. The van der Waals surface area contributed by atoms with Gasteiger partial charge in [0.05, 0.1) is 16.4 Å². The third-order valence-electron chi connectivity index (χ3n) is 4.45. The fourth-order valence-corrected chi connectivity index (χ4v) is 3.30. The van der Waals surface area contributed by atoms with Crippen LogP contribution in [0.4, 0.5) is 4.39 Å². The van der Waals surface area contributed by atoms with Gasteiger partial charge in [-0.25, -0.2) is 9.07 Å². The fourth-order valence-electron chi connectivity index (χ4n) is 3.12. The Morgan fingerprint density at radius 2 is 2.27 bits per heavy atom. The normalized spacial score (nSPS) is 16.4. The SMILES string of the molecule is CCCN(C(=O)c1nnn(-c2ccc(F)c(Cl)c2)c1C)C1CCNC1.Cl. The highest BCUT2D eigenvalue weighted by molar-refractivity contribution is 6.30. The summed E-state index contributed by atoms with van der Waals surface area (Å²) in [6, 6.07) is 4.48. The Hall–Kier alpha value is -1.70. The molecule has 1 saturated heterocycles. The molecule has 0 saturated carbocycles. The summed E-state index contributed by atoms with van der Waals surface area (Å²) in [6.07, 6.45) is 1.81. The van der Waals surface area contributed by atoms with E-state index in [0.29, 0.717) is 23.6 Å². The molecule has 2 aromatic rings. The van der Waals surface area contributed by atoms with Crippen LogP contribution < -0.4 is 5.32 Å². The Kier molecular flexibility index (Phi) is 6.97. The maximum atomic E-state index is 13.4. The number of aromatic nitrogens is 3. The van der Waals surface area contributed by atoms with Gasteiger partial charge in [0.2, 0.25) is 0 Å². The Morgan fingerprint density at radius 1 is 1.50 bits per heavy atom. The molecular weight excluding hydrogens is 380 g/mol. The van der Waals surface area contributed by atoms with Gasteiger partial charge < -0.3 is 10.2 Å². The van der Waals surface area contributed by atoms with Crippen molar-refractivity contribution in [2.24, 2.45) is 0 Å². The highest BCUT2D eigenvalue weighted by atomic mass is 35.5. The van der Waals surface area contributed by atoms with Gasteiger partial charge >= 0.3 is 0 Å². The monoisotopic (exact) mass is 401 g/mol. The maximum Gasteiger partial charge on any atom is 0.276 e. The summed E-state index contributed by atoms with van der Waals surface area (Å²) in [5.41, 5.74) is 1.50. The standard InChI is InChI=1S/C17H21ClFN5O.ClH/c1-3-8-23(13-6-7-20-10-13)17(25)16-11(2)24(22-21-16)12-4-5-15(19)14(18)9-12;/h4-5,9,13,20H,3,6-8,10H2,1-2H3;1H. The van der Waals surface area contributed by atoms with Crippen LogP contribution in [0.1, 0.15) is 35.9 Å². The minimum atomic E-state index is -0.498. The number of rotatable bonds is 5. The van der Waals surface area contributed by atoms with Gasteiger partial charge in [-0.2, -0.15) is 0 Å². The van der Waals surface area contributed by atoms with Gasteiger partial charge in [0, 0.05) is 19.1 Å². The van der Waals surface area contributed by atoms with E-state index in [-0.39, 0.29) is 29.4 Å². The molecular formula is C17H22Cl2FN5O. The van der Waals surface area contributed by atoms with E-state index in [2.05, 4.69) is 15.6 Å². The lowest BCUT2D eigenvalue weighted by molar-refractivity contribution is 0.0685. The summed E-state index contributed by atoms with van der Waals surface area (Å²) in [5, 5.41) is 11.4. The molecule has 2 heterocycles. The van der Waals surface area contributed by atoms with Crippen molar-refractivity contribution in [2.45, 2.75) is 32.7 Å². The van der Waals surface area contributed by atoms with Crippen LogP contribution in [-0.2, 0) is 0 Å². The molecule has 1 atom stereocenters. The summed E-state index contributed by atoms with van der Waals surface area (Å²) in [4.78, 5) is 14.9. The molecule has 142 valence electrons. The van der Waals surface area contributed by atoms with E-state index in [9.17, 15) is 9.18 Å². The molecule has 1 amide bonds. The molecule has 9 heteroatoms. The second-order valence-electron chi connectivity index (χ2n) is 6.18. The lowest BCUT2D eigenvalue weighted by Gasteiger charge is -2.27. The molecule has 0 radical (unpaired) electrons. The number of carbonyl (C=O) groups is 1. The number of benzene rings is 1. The van der Waals surface area contributed by atoms with Crippen LogP contribution in [0, 0.1) is 12.7 Å². The molecule has 1 aromatic carbocycles. The van der Waals surface area contributed by atoms with Gasteiger partial charge in [0.25, 0.3) is 5.91 Å². The lowest BCUT2D eigenvalue weighted by atomic mass is 10.1. The lowest BCUT2D eigenvalue weighted by Crippen LogP contribution is -2.42. The zero-order chi connectivity index (χ0) is 18.0. The molecule has 1 aliphatic rings. The summed E-state index contributed by atoms with van der Waals surface area (Å²) in [5.74, 6) is -0.616. The van der Waals surface area contributed by atoms with Crippen LogP contribution in [-0.4, -0.2) is 51.5 Å². The molecule has 26 heavy (non-hydrogen) atoms. The number of nitrogens with one attached hydrogen (secondary N) is 1. The van der Waals surface area contributed by atoms with E-state index in [4.69, 9.17) is 11.6 Å². The van der Waals surface area contributed by atoms with Gasteiger partial charge in [-0.3, -0.25) is 4.79 Å². The number of halogens is 3. The Morgan fingerprint density at radius 3 is 2.88 bits per heavy atom. The van der Waals surface area contributed by atoms with Crippen LogP contribution >= 0.6 is 24.0 Å². The van der Waals surface area contributed by atoms with Crippen molar-refractivity contribution in [3.63, 3.8) is 0 Å². The highest BCUT2D eigenvalue weighted by Gasteiger charge is 2.30. The van der Waals surface area contributed by atoms with E-state index in [0.717, 1.165) is 25.9 Å². The number of carbonyl (C=O) groups excluding carboxylic acids is 1. The third-order valence-corrected chi connectivity index (χ3v) is 4.73. The van der Waals surface area contributed by atoms with Crippen LogP contribution in [0.25, 0.3) is 5.69 Å². The minimum absolute atomic E-state index is 0. The molecule has 1 aromatic heterocycles.